The number of benzene rings is 2. The van der Waals surface area contributed by atoms with Gasteiger partial charge in [-0.05, 0) is 48.9 Å². The largest absolute Gasteiger partial charge is 0.497 e. The van der Waals surface area contributed by atoms with Gasteiger partial charge in [0.1, 0.15) is 5.75 Å². The van der Waals surface area contributed by atoms with Crippen molar-refractivity contribution in [2.75, 3.05) is 17.7 Å². The number of carbonyl (C=O) groups is 2. The number of halogens is 1. The summed E-state index contributed by atoms with van der Waals surface area (Å²) in [5, 5.41) is 6.16. The van der Waals surface area contributed by atoms with E-state index in [1.54, 1.807) is 55.6 Å². The van der Waals surface area contributed by atoms with Gasteiger partial charge < -0.3 is 15.4 Å². The number of hydrogen-bond donors (Lipinski definition) is 2. The SMILES string of the molecule is COc1ccc(NC(=O)C2CC2C(=O)Nc2cccc(Cl)c2)cc1. The topological polar surface area (TPSA) is 67.4 Å². The van der Waals surface area contributed by atoms with E-state index < -0.39 is 0 Å². The van der Waals surface area contributed by atoms with E-state index in [1.165, 1.54) is 0 Å². The molecule has 0 saturated heterocycles. The standard InChI is InChI=1S/C18H17ClN2O3/c1-24-14-7-5-12(6-8-14)20-17(22)15-10-16(15)18(23)21-13-4-2-3-11(19)9-13/h2-9,15-16H,10H2,1H3,(H,20,22)(H,21,23). The Morgan fingerprint density at radius 3 is 2.21 bits per heavy atom. The average molecular weight is 345 g/mol. The number of hydrogen-bond acceptors (Lipinski definition) is 3. The molecule has 0 aliphatic heterocycles. The van der Waals surface area contributed by atoms with Crippen LogP contribution in [0.2, 0.25) is 5.02 Å². The summed E-state index contributed by atoms with van der Waals surface area (Å²) in [6.07, 6.45) is 0.550. The fraction of sp³-hybridized carbons (Fsp3) is 0.222. The van der Waals surface area contributed by atoms with Crippen molar-refractivity contribution < 1.29 is 14.3 Å². The van der Waals surface area contributed by atoms with E-state index in [-0.39, 0.29) is 23.7 Å². The van der Waals surface area contributed by atoms with Gasteiger partial charge in [-0.3, -0.25) is 9.59 Å². The summed E-state index contributed by atoms with van der Waals surface area (Å²) in [6.45, 7) is 0. The number of nitrogens with one attached hydrogen (secondary N) is 2. The van der Waals surface area contributed by atoms with Crippen molar-refractivity contribution in [3.05, 3.63) is 53.6 Å². The number of carbonyl (C=O) groups excluding carboxylic acids is 2. The molecule has 24 heavy (non-hydrogen) atoms. The van der Waals surface area contributed by atoms with E-state index >= 15 is 0 Å². The molecule has 3 rings (SSSR count). The maximum Gasteiger partial charge on any atom is 0.228 e. The monoisotopic (exact) mass is 344 g/mol. The molecular formula is C18H17ClN2O3. The summed E-state index contributed by atoms with van der Waals surface area (Å²) >= 11 is 5.89. The van der Waals surface area contributed by atoms with Crippen molar-refractivity contribution in [3.63, 3.8) is 0 Å². The summed E-state index contributed by atoms with van der Waals surface area (Å²) in [6, 6.07) is 14.0. The van der Waals surface area contributed by atoms with E-state index in [4.69, 9.17) is 16.3 Å². The molecule has 1 saturated carbocycles. The van der Waals surface area contributed by atoms with Gasteiger partial charge in [0.05, 0.1) is 18.9 Å². The molecule has 1 aliphatic rings. The fourth-order valence-corrected chi connectivity index (χ4v) is 2.68. The number of rotatable bonds is 5. The number of ether oxygens (including phenoxy) is 1. The van der Waals surface area contributed by atoms with Crippen LogP contribution in [-0.2, 0) is 9.59 Å². The van der Waals surface area contributed by atoms with E-state index in [0.717, 1.165) is 5.75 Å². The number of anilines is 2. The Kier molecular flexibility index (Phi) is 4.71. The van der Waals surface area contributed by atoms with Gasteiger partial charge in [-0.2, -0.15) is 0 Å². The molecule has 124 valence electrons. The van der Waals surface area contributed by atoms with E-state index in [2.05, 4.69) is 10.6 Å². The lowest BCUT2D eigenvalue weighted by Crippen LogP contribution is -2.20. The van der Waals surface area contributed by atoms with Gasteiger partial charge in [0, 0.05) is 16.4 Å². The average Bonchev–Trinajstić information content (AvgIpc) is 3.36. The Morgan fingerprint density at radius 2 is 1.62 bits per heavy atom. The predicted octanol–water partition coefficient (Wildman–Crippen LogP) is 3.56. The van der Waals surface area contributed by atoms with Crippen LogP contribution in [0.25, 0.3) is 0 Å². The Balaban J connectivity index is 1.53. The van der Waals surface area contributed by atoms with Crippen LogP contribution in [0.3, 0.4) is 0 Å². The third kappa shape index (κ3) is 3.86. The van der Waals surface area contributed by atoms with Gasteiger partial charge in [0.25, 0.3) is 0 Å². The van der Waals surface area contributed by atoms with Crippen molar-refractivity contribution in [2.45, 2.75) is 6.42 Å². The second kappa shape index (κ2) is 6.93. The second-order valence-corrected chi connectivity index (χ2v) is 6.10. The summed E-state index contributed by atoms with van der Waals surface area (Å²) in [5.41, 5.74) is 1.32. The summed E-state index contributed by atoms with van der Waals surface area (Å²) in [5.74, 6) is -0.190. The van der Waals surface area contributed by atoms with Gasteiger partial charge in [0.2, 0.25) is 11.8 Å². The van der Waals surface area contributed by atoms with Crippen LogP contribution >= 0.6 is 11.6 Å². The van der Waals surface area contributed by atoms with Crippen molar-refractivity contribution >= 4 is 34.8 Å². The highest BCUT2D eigenvalue weighted by molar-refractivity contribution is 6.30. The molecule has 2 amide bonds. The molecule has 0 bridgehead atoms. The first-order chi connectivity index (χ1) is 11.6. The second-order valence-electron chi connectivity index (χ2n) is 5.67. The first-order valence-electron chi connectivity index (χ1n) is 7.58. The molecule has 0 radical (unpaired) electrons. The zero-order valence-corrected chi connectivity index (χ0v) is 13.8. The zero-order chi connectivity index (χ0) is 17.1. The van der Waals surface area contributed by atoms with Gasteiger partial charge in [-0.15, -0.1) is 0 Å². The normalized spacial score (nSPS) is 18.6. The molecule has 2 N–H and O–H groups in total. The molecule has 1 aliphatic carbocycles. The minimum Gasteiger partial charge on any atom is -0.497 e. The van der Waals surface area contributed by atoms with Crippen LogP contribution in [0.5, 0.6) is 5.75 Å². The molecule has 1 fully saturated rings. The third-order valence-electron chi connectivity index (χ3n) is 3.91. The van der Waals surface area contributed by atoms with Crippen LogP contribution in [-0.4, -0.2) is 18.9 Å². The van der Waals surface area contributed by atoms with Crippen molar-refractivity contribution in [3.8, 4) is 5.75 Å². The summed E-state index contributed by atoms with van der Waals surface area (Å²) in [7, 11) is 1.58. The van der Waals surface area contributed by atoms with Gasteiger partial charge in [0.15, 0.2) is 0 Å². The van der Waals surface area contributed by atoms with E-state index in [0.29, 0.717) is 22.8 Å². The predicted molar refractivity (Wildman–Crippen MR) is 93.3 cm³/mol. The maximum absolute atomic E-state index is 12.2. The molecular weight excluding hydrogens is 328 g/mol. The van der Waals surface area contributed by atoms with Gasteiger partial charge in [-0.1, -0.05) is 17.7 Å². The molecule has 0 aromatic heterocycles. The Hall–Kier alpha value is -2.53. The molecule has 2 aromatic carbocycles. The Bertz CT molecular complexity index is 761. The molecule has 6 heteroatoms. The minimum absolute atomic E-state index is 0.147. The van der Waals surface area contributed by atoms with Crippen molar-refractivity contribution in [1.29, 1.82) is 0 Å². The third-order valence-corrected chi connectivity index (χ3v) is 4.15. The van der Waals surface area contributed by atoms with Gasteiger partial charge >= 0.3 is 0 Å². The summed E-state index contributed by atoms with van der Waals surface area (Å²) in [4.78, 5) is 24.4. The smallest absolute Gasteiger partial charge is 0.228 e. The Morgan fingerprint density at radius 1 is 1.00 bits per heavy atom. The highest BCUT2D eigenvalue weighted by atomic mass is 35.5. The molecule has 2 unspecified atom stereocenters. The fourth-order valence-electron chi connectivity index (χ4n) is 2.49. The van der Waals surface area contributed by atoms with Gasteiger partial charge in [-0.25, -0.2) is 0 Å². The lowest BCUT2D eigenvalue weighted by molar-refractivity contribution is -0.122. The van der Waals surface area contributed by atoms with E-state index in [9.17, 15) is 9.59 Å². The first kappa shape index (κ1) is 16.3. The van der Waals surface area contributed by atoms with Crippen LogP contribution in [0.1, 0.15) is 6.42 Å². The van der Waals surface area contributed by atoms with E-state index in [1.807, 2.05) is 0 Å². The zero-order valence-electron chi connectivity index (χ0n) is 13.1. The van der Waals surface area contributed by atoms with Crippen LogP contribution in [0.4, 0.5) is 11.4 Å². The summed E-state index contributed by atoms with van der Waals surface area (Å²) < 4.78 is 5.07. The quantitative estimate of drug-likeness (QED) is 0.871. The highest BCUT2D eigenvalue weighted by Gasteiger charge is 2.48. The molecule has 2 aromatic rings. The van der Waals surface area contributed by atoms with Crippen molar-refractivity contribution in [1.82, 2.24) is 0 Å². The maximum atomic E-state index is 12.2. The molecule has 2 atom stereocenters. The Labute approximate surface area is 145 Å². The lowest BCUT2D eigenvalue weighted by Gasteiger charge is -2.07. The lowest BCUT2D eigenvalue weighted by atomic mass is 10.2. The molecule has 0 spiro atoms. The number of methoxy groups -OCH3 is 1. The molecule has 0 heterocycles. The van der Waals surface area contributed by atoms with Crippen LogP contribution in [0, 0.1) is 11.8 Å². The minimum atomic E-state index is -0.303. The first-order valence-corrected chi connectivity index (χ1v) is 7.96. The van der Waals surface area contributed by atoms with Crippen LogP contribution < -0.4 is 15.4 Å². The van der Waals surface area contributed by atoms with Crippen molar-refractivity contribution in [2.24, 2.45) is 11.8 Å². The molecule has 5 nitrogen and oxygen atoms in total. The van der Waals surface area contributed by atoms with Crippen LogP contribution in [0.15, 0.2) is 48.5 Å². The highest BCUT2D eigenvalue weighted by Crippen LogP contribution is 2.40. The number of amides is 2.